The van der Waals surface area contributed by atoms with Crippen LogP contribution in [0.15, 0.2) is 36.4 Å². The van der Waals surface area contributed by atoms with Crippen molar-refractivity contribution < 1.29 is 9.47 Å². The molecule has 0 saturated heterocycles. The lowest BCUT2D eigenvalue weighted by atomic mass is 10.2. The zero-order valence-corrected chi connectivity index (χ0v) is 11.8. The molecule has 1 aliphatic rings. The van der Waals surface area contributed by atoms with Gasteiger partial charge in [0.2, 0.25) is 0 Å². The van der Waals surface area contributed by atoms with Crippen LogP contribution in [0.5, 0.6) is 11.5 Å². The molecule has 0 bridgehead atoms. The lowest BCUT2D eigenvalue weighted by Crippen LogP contribution is -2.38. The first-order valence-electron chi connectivity index (χ1n) is 6.15. The Morgan fingerprint density at radius 1 is 1.21 bits per heavy atom. The normalized spacial score (nSPS) is 17.4. The second-order valence-electron chi connectivity index (χ2n) is 4.33. The van der Waals surface area contributed by atoms with Gasteiger partial charge in [0.15, 0.2) is 11.5 Å². The number of hydrogen-bond acceptors (Lipinski definition) is 4. The maximum atomic E-state index is 5.89. The summed E-state index contributed by atoms with van der Waals surface area (Å²) in [6.07, 6.45) is 0.0466. The number of halogens is 1. The molecule has 2 heterocycles. The fourth-order valence-corrected chi connectivity index (χ4v) is 3.02. The van der Waals surface area contributed by atoms with Crippen LogP contribution in [0.25, 0.3) is 0 Å². The first-order chi connectivity index (χ1) is 9.31. The Morgan fingerprint density at radius 3 is 2.84 bits per heavy atom. The van der Waals surface area contributed by atoms with Crippen LogP contribution in [-0.4, -0.2) is 19.3 Å². The van der Waals surface area contributed by atoms with Gasteiger partial charge in [-0.25, -0.2) is 0 Å². The quantitative estimate of drug-likeness (QED) is 0.938. The van der Waals surface area contributed by atoms with Crippen LogP contribution in [-0.2, 0) is 6.54 Å². The number of para-hydroxylation sites is 2. The second kappa shape index (κ2) is 5.82. The van der Waals surface area contributed by atoms with E-state index in [-0.39, 0.29) is 6.10 Å². The number of nitrogens with one attached hydrogen (secondary N) is 1. The SMILES string of the molecule is Clc1ccc(CNCC2COc3ccccc3O2)s1. The molecule has 0 saturated carbocycles. The Kier molecular flexibility index (Phi) is 3.92. The molecule has 1 aliphatic heterocycles. The largest absolute Gasteiger partial charge is 0.486 e. The van der Waals surface area contributed by atoms with Gasteiger partial charge in [-0.3, -0.25) is 0 Å². The zero-order chi connectivity index (χ0) is 13.1. The van der Waals surface area contributed by atoms with Gasteiger partial charge in [-0.05, 0) is 24.3 Å². The molecule has 1 aromatic carbocycles. The average molecular weight is 296 g/mol. The monoisotopic (exact) mass is 295 g/mol. The predicted octanol–water partition coefficient (Wildman–Crippen LogP) is 3.33. The minimum Gasteiger partial charge on any atom is -0.486 e. The van der Waals surface area contributed by atoms with Gasteiger partial charge in [0.1, 0.15) is 12.7 Å². The van der Waals surface area contributed by atoms with Gasteiger partial charge in [0.25, 0.3) is 0 Å². The van der Waals surface area contributed by atoms with Crippen molar-refractivity contribution in [3.05, 3.63) is 45.6 Å². The van der Waals surface area contributed by atoms with Gasteiger partial charge in [0.05, 0.1) is 4.34 Å². The highest BCUT2D eigenvalue weighted by molar-refractivity contribution is 7.16. The number of hydrogen-bond donors (Lipinski definition) is 1. The summed E-state index contributed by atoms with van der Waals surface area (Å²) in [4.78, 5) is 1.22. The summed E-state index contributed by atoms with van der Waals surface area (Å²) >= 11 is 7.48. The highest BCUT2D eigenvalue weighted by Gasteiger charge is 2.19. The summed E-state index contributed by atoms with van der Waals surface area (Å²) in [5.74, 6) is 1.64. The van der Waals surface area contributed by atoms with E-state index in [0.29, 0.717) is 6.61 Å². The smallest absolute Gasteiger partial charge is 0.161 e. The number of thiophene rings is 1. The maximum absolute atomic E-state index is 5.89. The third kappa shape index (κ3) is 3.21. The number of benzene rings is 1. The van der Waals surface area contributed by atoms with Crippen LogP contribution >= 0.6 is 22.9 Å². The van der Waals surface area contributed by atoms with Crippen molar-refractivity contribution in [2.24, 2.45) is 0 Å². The van der Waals surface area contributed by atoms with Crippen LogP contribution in [0.2, 0.25) is 4.34 Å². The Labute approximate surface area is 121 Å². The molecule has 0 fully saturated rings. The van der Waals surface area contributed by atoms with Crippen LogP contribution < -0.4 is 14.8 Å². The highest BCUT2D eigenvalue weighted by atomic mass is 35.5. The second-order valence-corrected chi connectivity index (χ2v) is 6.13. The van der Waals surface area contributed by atoms with Crippen LogP contribution in [0, 0.1) is 0 Å². The molecule has 5 heteroatoms. The fourth-order valence-electron chi connectivity index (χ4n) is 1.97. The van der Waals surface area contributed by atoms with Gasteiger partial charge in [0, 0.05) is 18.0 Å². The average Bonchev–Trinajstić information content (AvgIpc) is 2.84. The topological polar surface area (TPSA) is 30.5 Å². The molecule has 100 valence electrons. The Hall–Kier alpha value is -1.23. The van der Waals surface area contributed by atoms with E-state index in [1.54, 1.807) is 11.3 Å². The molecule has 0 aliphatic carbocycles. The number of rotatable bonds is 4. The van der Waals surface area contributed by atoms with E-state index in [0.717, 1.165) is 28.9 Å². The molecule has 1 atom stereocenters. The van der Waals surface area contributed by atoms with E-state index in [1.165, 1.54) is 4.88 Å². The molecule has 19 heavy (non-hydrogen) atoms. The van der Waals surface area contributed by atoms with E-state index in [4.69, 9.17) is 21.1 Å². The first-order valence-corrected chi connectivity index (χ1v) is 7.34. The van der Waals surface area contributed by atoms with Crippen molar-refractivity contribution in [1.82, 2.24) is 5.32 Å². The third-order valence-electron chi connectivity index (χ3n) is 2.87. The molecule has 0 radical (unpaired) electrons. The molecule has 3 rings (SSSR count). The molecule has 0 amide bonds. The predicted molar refractivity (Wildman–Crippen MR) is 77.4 cm³/mol. The summed E-state index contributed by atoms with van der Waals surface area (Å²) in [7, 11) is 0. The molecule has 0 spiro atoms. The summed E-state index contributed by atoms with van der Waals surface area (Å²) in [5.41, 5.74) is 0. The van der Waals surface area contributed by atoms with E-state index >= 15 is 0 Å². The zero-order valence-electron chi connectivity index (χ0n) is 10.3. The summed E-state index contributed by atoms with van der Waals surface area (Å²) < 4.78 is 12.3. The number of fused-ring (bicyclic) bond motifs is 1. The van der Waals surface area contributed by atoms with Gasteiger partial charge in [-0.1, -0.05) is 23.7 Å². The van der Waals surface area contributed by atoms with Crippen molar-refractivity contribution in [3.63, 3.8) is 0 Å². The van der Waals surface area contributed by atoms with E-state index < -0.39 is 0 Å². The van der Waals surface area contributed by atoms with E-state index in [1.807, 2.05) is 36.4 Å². The summed E-state index contributed by atoms with van der Waals surface area (Å²) in [6.45, 7) is 2.14. The van der Waals surface area contributed by atoms with Gasteiger partial charge in [-0.15, -0.1) is 11.3 Å². The molecular weight excluding hydrogens is 282 g/mol. The van der Waals surface area contributed by atoms with Crippen molar-refractivity contribution in [2.45, 2.75) is 12.6 Å². The molecule has 3 nitrogen and oxygen atoms in total. The van der Waals surface area contributed by atoms with E-state index in [9.17, 15) is 0 Å². The summed E-state index contributed by atoms with van der Waals surface area (Å²) in [5, 5.41) is 3.36. The van der Waals surface area contributed by atoms with Gasteiger partial charge >= 0.3 is 0 Å². The van der Waals surface area contributed by atoms with Crippen molar-refractivity contribution in [1.29, 1.82) is 0 Å². The Morgan fingerprint density at radius 2 is 2.05 bits per heavy atom. The third-order valence-corrected chi connectivity index (χ3v) is 4.10. The molecular formula is C14H14ClNO2S. The lowest BCUT2D eigenvalue weighted by Gasteiger charge is -2.26. The van der Waals surface area contributed by atoms with Crippen LogP contribution in [0.4, 0.5) is 0 Å². The number of ether oxygens (including phenoxy) is 2. The molecule has 2 aromatic rings. The standard InChI is InChI=1S/C14H14ClNO2S/c15-14-6-5-11(19-14)8-16-7-10-9-17-12-3-1-2-4-13(12)18-10/h1-6,10,16H,7-9H2. The first kappa shape index (κ1) is 12.8. The molecule has 1 N–H and O–H groups in total. The Balaban J connectivity index is 1.50. The molecule has 1 aromatic heterocycles. The van der Waals surface area contributed by atoms with Crippen LogP contribution in [0.1, 0.15) is 4.88 Å². The van der Waals surface area contributed by atoms with Crippen molar-refractivity contribution in [3.8, 4) is 11.5 Å². The highest BCUT2D eigenvalue weighted by Crippen LogP contribution is 2.30. The Bertz CT molecular complexity index is 558. The minimum absolute atomic E-state index is 0.0466. The van der Waals surface area contributed by atoms with Crippen LogP contribution in [0.3, 0.4) is 0 Å². The van der Waals surface area contributed by atoms with Crippen molar-refractivity contribution >= 4 is 22.9 Å². The molecule has 1 unspecified atom stereocenters. The lowest BCUT2D eigenvalue weighted by molar-refractivity contribution is 0.0903. The van der Waals surface area contributed by atoms with Gasteiger partial charge < -0.3 is 14.8 Å². The fraction of sp³-hybridized carbons (Fsp3) is 0.286. The summed E-state index contributed by atoms with van der Waals surface area (Å²) in [6, 6.07) is 11.7. The van der Waals surface area contributed by atoms with E-state index in [2.05, 4.69) is 5.32 Å². The minimum atomic E-state index is 0.0466. The van der Waals surface area contributed by atoms with Gasteiger partial charge in [-0.2, -0.15) is 0 Å². The van der Waals surface area contributed by atoms with Crippen molar-refractivity contribution in [2.75, 3.05) is 13.2 Å². The maximum Gasteiger partial charge on any atom is 0.161 e.